The average molecular weight is 270 g/mol. The molecule has 0 fully saturated rings. The van der Waals surface area contributed by atoms with Gasteiger partial charge in [-0.2, -0.15) is 0 Å². The molecule has 2 rings (SSSR count). The van der Waals surface area contributed by atoms with Gasteiger partial charge in [0.2, 0.25) is 0 Å². The van der Waals surface area contributed by atoms with Crippen LogP contribution in [-0.4, -0.2) is 17.0 Å². The summed E-state index contributed by atoms with van der Waals surface area (Å²) >= 11 is 0. The van der Waals surface area contributed by atoms with Crippen molar-refractivity contribution in [2.75, 3.05) is 17.7 Å². The second-order valence-electron chi connectivity index (χ2n) is 5.33. The number of benzene rings is 1. The molecule has 20 heavy (non-hydrogen) atoms. The first kappa shape index (κ1) is 14.3. The van der Waals surface area contributed by atoms with Crippen LogP contribution in [-0.2, 0) is 0 Å². The molecule has 4 nitrogen and oxygen atoms in total. The van der Waals surface area contributed by atoms with Gasteiger partial charge in [0, 0.05) is 18.3 Å². The molecule has 0 amide bonds. The highest BCUT2D eigenvalue weighted by atomic mass is 15.1. The summed E-state index contributed by atoms with van der Waals surface area (Å²) < 4.78 is 0. The molecular formula is C16H22N4. The van der Waals surface area contributed by atoms with Crippen LogP contribution in [0, 0.1) is 13.8 Å². The van der Waals surface area contributed by atoms with Gasteiger partial charge in [0.15, 0.2) is 0 Å². The maximum Gasteiger partial charge on any atom is 0.139 e. The zero-order chi connectivity index (χ0) is 14.7. The number of nitrogens with zero attached hydrogens (tertiary/aromatic N) is 2. The summed E-state index contributed by atoms with van der Waals surface area (Å²) in [6.07, 6.45) is 1.59. The largest absolute Gasteiger partial charge is 0.373 e. The number of aryl methyl sites for hydroxylation is 2. The number of hydrogen-bond donors (Lipinski definition) is 2. The van der Waals surface area contributed by atoms with Gasteiger partial charge in [-0.25, -0.2) is 9.97 Å². The zero-order valence-electron chi connectivity index (χ0n) is 12.8. The Hall–Kier alpha value is -2.10. The number of hydrogen-bond acceptors (Lipinski definition) is 4. The van der Waals surface area contributed by atoms with Crippen LogP contribution < -0.4 is 10.6 Å². The van der Waals surface area contributed by atoms with Crippen LogP contribution in [0.25, 0.3) is 0 Å². The second kappa shape index (κ2) is 5.90. The molecule has 4 heteroatoms. The van der Waals surface area contributed by atoms with Gasteiger partial charge in [-0.15, -0.1) is 0 Å². The van der Waals surface area contributed by atoms with Crippen molar-refractivity contribution in [2.45, 2.75) is 33.6 Å². The Morgan fingerprint density at radius 2 is 1.75 bits per heavy atom. The molecular weight excluding hydrogens is 248 g/mol. The highest BCUT2D eigenvalue weighted by molar-refractivity contribution is 5.67. The molecule has 1 aromatic carbocycles. The Bertz CT molecular complexity index is 605. The van der Waals surface area contributed by atoms with Crippen molar-refractivity contribution in [2.24, 2.45) is 0 Å². The van der Waals surface area contributed by atoms with Gasteiger partial charge in [0.05, 0.1) is 0 Å². The summed E-state index contributed by atoms with van der Waals surface area (Å²) in [5.74, 6) is 2.08. The predicted molar refractivity (Wildman–Crippen MR) is 84.9 cm³/mol. The van der Waals surface area contributed by atoms with E-state index in [1.165, 1.54) is 11.1 Å². The van der Waals surface area contributed by atoms with Crippen molar-refractivity contribution < 1.29 is 0 Å². The zero-order valence-corrected chi connectivity index (χ0v) is 12.8. The molecule has 2 N–H and O–H groups in total. The van der Waals surface area contributed by atoms with Crippen LogP contribution in [0.15, 0.2) is 24.5 Å². The summed E-state index contributed by atoms with van der Waals surface area (Å²) in [6, 6.07) is 6.36. The van der Waals surface area contributed by atoms with E-state index in [4.69, 9.17) is 0 Å². The molecule has 1 heterocycles. The quantitative estimate of drug-likeness (QED) is 0.881. The molecule has 0 aliphatic heterocycles. The van der Waals surface area contributed by atoms with Crippen molar-refractivity contribution in [3.8, 4) is 0 Å². The molecule has 106 valence electrons. The van der Waals surface area contributed by atoms with Crippen molar-refractivity contribution in [3.05, 3.63) is 41.2 Å². The van der Waals surface area contributed by atoms with Gasteiger partial charge < -0.3 is 10.6 Å². The van der Waals surface area contributed by atoms with E-state index in [1.54, 1.807) is 6.33 Å². The number of anilines is 3. The van der Waals surface area contributed by atoms with E-state index in [0.29, 0.717) is 5.92 Å². The standard InChI is InChI=1S/C16H22N4/c1-10(2)14-15(17-5)18-9-19-16(14)20-13-7-6-11(3)8-12(13)4/h6-10H,1-5H3,(H2,17,18,19,20). The first-order valence-electron chi connectivity index (χ1n) is 6.90. The lowest BCUT2D eigenvalue weighted by atomic mass is 10.0. The van der Waals surface area contributed by atoms with Crippen LogP contribution in [0.1, 0.15) is 36.5 Å². The smallest absolute Gasteiger partial charge is 0.139 e. The fraction of sp³-hybridized carbons (Fsp3) is 0.375. The van der Waals surface area contributed by atoms with Crippen LogP contribution in [0.5, 0.6) is 0 Å². The minimum Gasteiger partial charge on any atom is -0.373 e. The lowest BCUT2D eigenvalue weighted by molar-refractivity contribution is 0.852. The van der Waals surface area contributed by atoms with Gasteiger partial charge in [-0.05, 0) is 31.4 Å². The molecule has 0 aliphatic carbocycles. The van der Waals surface area contributed by atoms with Crippen LogP contribution in [0.2, 0.25) is 0 Å². The van der Waals surface area contributed by atoms with E-state index >= 15 is 0 Å². The lowest BCUT2D eigenvalue weighted by Gasteiger charge is -2.17. The Balaban J connectivity index is 2.43. The first-order valence-corrected chi connectivity index (χ1v) is 6.90. The van der Waals surface area contributed by atoms with E-state index in [-0.39, 0.29) is 0 Å². The molecule has 0 bridgehead atoms. The van der Waals surface area contributed by atoms with Gasteiger partial charge in [-0.1, -0.05) is 31.5 Å². The monoisotopic (exact) mass is 270 g/mol. The highest BCUT2D eigenvalue weighted by Crippen LogP contribution is 2.31. The maximum atomic E-state index is 4.41. The van der Waals surface area contributed by atoms with E-state index in [0.717, 1.165) is 22.9 Å². The Labute approximate surface area is 120 Å². The van der Waals surface area contributed by atoms with Gasteiger partial charge >= 0.3 is 0 Å². The number of aromatic nitrogens is 2. The SMILES string of the molecule is CNc1ncnc(Nc2ccc(C)cc2C)c1C(C)C. The van der Waals surface area contributed by atoms with Crippen LogP contribution in [0.4, 0.5) is 17.3 Å². The molecule has 0 aliphatic rings. The Morgan fingerprint density at radius 3 is 2.35 bits per heavy atom. The van der Waals surface area contributed by atoms with E-state index in [2.05, 4.69) is 66.5 Å². The van der Waals surface area contributed by atoms with Crippen LogP contribution in [0.3, 0.4) is 0 Å². The van der Waals surface area contributed by atoms with Crippen molar-refractivity contribution in [3.63, 3.8) is 0 Å². The molecule has 2 aromatic rings. The highest BCUT2D eigenvalue weighted by Gasteiger charge is 2.14. The minimum atomic E-state index is 0.340. The number of nitrogens with one attached hydrogen (secondary N) is 2. The fourth-order valence-corrected chi connectivity index (χ4v) is 2.32. The van der Waals surface area contributed by atoms with Gasteiger partial charge in [-0.3, -0.25) is 0 Å². The fourth-order valence-electron chi connectivity index (χ4n) is 2.32. The lowest BCUT2D eigenvalue weighted by Crippen LogP contribution is -2.07. The average Bonchev–Trinajstić information content (AvgIpc) is 2.41. The first-order chi connectivity index (χ1) is 9.52. The molecule has 1 aromatic heterocycles. The summed E-state index contributed by atoms with van der Waals surface area (Å²) in [6.45, 7) is 8.49. The minimum absolute atomic E-state index is 0.340. The normalized spacial score (nSPS) is 10.7. The van der Waals surface area contributed by atoms with Crippen LogP contribution >= 0.6 is 0 Å². The predicted octanol–water partition coefficient (Wildman–Crippen LogP) is 4.00. The second-order valence-corrected chi connectivity index (χ2v) is 5.33. The summed E-state index contributed by atoms with van der Waals surface area (Å²) in [5, 5.41) is 6.57. The third kappa shape index (κ3) is 2.90. The molecule has 0 saturated heterocycles. The van der Waals surface area contributed by atoms with Gasteiger partial charge in [0.25, 0.3) is 0 Å². The summed E-state index contributed by atoms with van der Waals surface area (Å²) in [4.78, 5) is 8.70. The summed E-state index contributed by atoms with van der Waals surface area (Å²) in [5.41, 5.74) is 4.66. The van der Waals surface area contributed by atoms with E-state index < -0.39 is 0 Å². The molecule has 0 radical (unpaired) electrons. The Kier molecular flexibility index (Phi) is 4.23. The third-order valence-corrected chi connectivity index (χ3v) is 3.33. The van der Waals surface area contributed by atoms with Crippen molar-refractivity contribution in [1.29, 1.82) is 0 Å². The van der Waals surface area contributed by atoms with E-state index in [9.17, 15) is 0 Å². The molecule has 0 spiro atoms. The summed E-state index contributed by atoms with van der Waals surface area (Å²) in [7, 11) is 1.88. The third-order valence-electron chi connectivity index (χ3n) is 3.33. The topological polar surface area (TPSA) is 49.8 Å². The maximum absolute atomic E-state index is 4.41. The van der Waals surface area contributed by atoms with Crippen molar-refractivity contribution >= 4 is 17.3 Å². The molecule has 0 atom stereocenters. The Morgan fingerprint density at radius 1 is 1.05 bits per heavy atom. The number of rotatable bonds is 4. The van der Waals surface area contributed by atoms with E-state index in [1.807, 2.05) is 7.05 Å². The van der Waals surface area contributed by atoms with Gasteiger partial charge in [0.1, 0.15) is 18.0 Å². The van der Waals surface area contributed by atoms with Crippen molar-refractivity contribution in [1.82, 2.24) is 9.97 Å². The molecule has 0 unspecified atom stereocenters. The molecule has 0 saturated carbocycles.